The smallest absolute Gasteiger partial charge is 0.264 e. The van der Waals surface area contributed by atoms with E-state index < -0.39 is 28.5 Å². The van der Waals surface area contributed by atoms with Crippen LogP contribution in [0.4, 0.5) is 5.69 Å². The van der Waals surface area contributed by atoms with Gasteiger partial charge in [-0.15, -0.1) is 0 Å². The summed E-state index contributed by atoms with van der Waals surface area (Å²) in [6, 6.07) is 21.9. The third-order valence-corrected chi connectivity index (χ3v) is 8.30. The number of anilines is 1. The lowest BCUT2D eigenvalue weighted by Gasteiger charge is -2.33. The van der Waals surface area contributed by atoms with Crippen LogP contribution in [0.2, 0.25) is 0 Å². The molecule has 0 aliphatic rings. The summed E-state index contributed by atoms with van der Waals surface area (Å²) in [5.41, 5.74) is 2.26. The van der Waals surface area contributed by atoms with Crippen molar-refractivity contribution in [1.82, 2.24) is 10.2 Å². The number of hydrogen-bond donors (Lipinski definition) is 1. The van der Waals surface area contributed by atoms with Gasteiger partial charge in [-0.05, 0) is 77.9 Å². The quantitative estimate of drug-likeness (QED) is 0.342. The minimum absolute atomic E-state index is 0.0833. The molecule has 0 unspecified atom stereocenters. The molecule has 9 heteroatoms. The topological polar surface area (TPSA) is 86.8 Å². The van der Waals surface area contributed by atoms with Gasteiger partial charge in [0.25, 0.3) is 10.0 Å². The average molecular weight is 620 g/mol. The van der Waals surface area contributed by atoms with E-state index in [-0.39, 0.29) is 17.3 Å². The van der Waals surface area contributed by atoms with E-state index >= 15 is 0 Å². The molecule has 36 heavy (non-hydrogen) atoms. The highest BCUT2D eigenvalue weighted by Crippen LogP contribution is 2.25. The molecule has 2 amide bonds. The van der Waals surface area contributed by atoms with Crippen LogP contribution in [0.1, 0.15) is 24.5 Å². The molecule has 0 radical (unpaired) electrons. The van der Waals surface area contributed by atoms with E-state index in [1.807, 2.05) is 38.1 Å². The van der Waals surface area contributed by atoms with Crippen molar-refractivity contribution in [3.8, 4) is 0 Å². The Balaban J connectivity index is 2.04. The molecule has 190 valence electrons. The van der Waals surface area contributed by atoms with Crippen LogP contribution in [-0.2, 0) is 26.2 Å². The Bertz CT molecular complexity index is 1300. The van der Waals surface area contributed by atoms with E-state index in [1.54, 1.807) is 42.5 Å². The molecule has 0 saturated heterocycles. The van der Waals surface area contributed by atoms with E-state index in [1.165, 1.54) is 24.1 Å². The van der Waals surface area contributed by atoms with E-state index in [0.717, 1.165) is 19.0 Å². The molecule has 0 heterocycles. The monoisotopic (exact) mass is 619 g/mol. The number of hydrogen-bond acceptors (Lipinski definition) is 4. The van der Waals surface area contributed by atoms with Crippen molar-refractivity contribution in [2.45, 2.75) is 37.8 Å². The minimum Gasteiger partial charge on any atom is -0.357 e. The van der Waals surface area contributed by atoms with E-state index in [9.17, 15) is 18.0 Å². The molecule has 3 rings (SSSR count). The molecular formula is C27H30IN3O4S. The second-order valence-electron chi connectivity index (χ2n) is 8.35. The zero-order valence-corrected chi connectivity index (χ0v) is 23.5. The van der Waals surface area contributed by atoms with E-state index in [4.69, 9.17) is 0 Å². The van der Waals surface area contributed by atoms with Crippen molar-refractivity contribution >= 4 is 50.1 Å². The predicted molar refractivity (Wildman–Crippen MR) is 150 cm³/mol. The summed E-state index contributed by atoms with van der Waals surface area (Å²) in [6.45, 7) is 3.51. The molecule has 0 bridgehead atoms. The van der Waals surface area contributed by atoms with Gasteiger partial charge in [-0.3, -0.25) is 13.9 Å². The Kier molecular flexibility index (Phi) is 9.49. The van der Waals surface area contributed by atoms with Crippen molar-refractivity contribution in [2.24, 2.45) is 0 Å². The summed E-state index contributed by atoms with van der Waals surface area (Å²) in [4.78, 5) is 28.1. The summed E-state index contributed by atoms with van der Waals surface area (Å²) in [5.74, 6) is -0.768. The van der Waals surface area contributed by atoms with Crippen LogP contribution in [0.5, 0.6) is 0 Å². The lowest BCUT2D eigenvalue weighted by atomic mass is 10.1. The van der Waals surface area contributed by atoms with Gasteiger partial charge in [0.2, 0.25) is 11.8 Å². The molecule has 0 aromatic heterocycles. The second-order valence-corrected chi connectivity index (χ2v) is 11.5. The maximum Gasteiger partial charge on any atom is 0.264 e. The Morgan fingerprint density at radius 2 is 1.64 bits per heavy atom. The van der Waals surface area contributed by atoms with Gasteiger partial charge in [-0.1, -0.05) is 55.0 Å². The summed E-state index contributed by atoms with van der Waals surface area (Å²) in [7, 11) is -2.52. The fourth-order valence-corrected chi connectivity index (χ4v) is 5.74. The molecule has 1 N–H and O–H groups in total. The maximum absolute atomic E-state index is 13.8. The van der Waals surface area contributed by atoms with Crippen molar-refractivity contribution in [3.63, 3.8) is 0 Å². The van der Waals surface area contributed by atoms with Crippen LogP contribution in [-0.4, -0.2) is 44.8 Å². The first-order chi connectivity index (χ1) is 17.2. The number of sulfonamides is 1. The van der Waals surface area contributed by atoms with Gasteiger partial charge in [0.1, 0.15) is 12.6 Å². The number of likely N-dealkylation sites (N-methyl/N-ethyl adjacent to an activating group) is 1. The lowest BCUT2D eigenvalue weighted by molar-refractivity contribution is -0.140. The van der Waals surface area contributed by atoms with Gasteiger partial charge in [-0.2, -0.15) is 0 Å². The Morgan fingerprint density at radius 3 is 2.22 bits per heavy atom. The highest BCUT2D eigenvalue weighted by Gasteiger charge is 2.33. The first-order valence-corrected chi connectivity index (χ1v) is 14.1. The first kappa shape index (κ1) is 27.7. The van der Waals surface area contributed by atoms with Gasteiger partial charge in [0.15, 0.2) is 0 Å². The van der Waals surface area contributed by atoms with Crippen LogP contribution in [0, 0.1) is 10.5 Å². The standard InChI is InChI=1S/C27H30IN3O4S/c1-4-25(27(33)29-3)30(18-21-10-8-9-20(2)17-21)26(32)19-31(23-15-13-22(28)14-16-23)36(34,35)24-11-6-5-7-12-24/h5-17,25H,4,18-19H2,1-3H3,(H,29,33)/t25-/m0/s1. The van der Waals surface area contributed by atoms with Crippen molar-refractivity contribution in [1.29, 1.82) is 0 Å². The van der Waals surface area contributed by atoms with Crippen LogP contribution in [0.15, 0.2) is 83.8 Å². The van der Waals surface area contributed by atoms with E-state index in [0.29, 0.717) is 12.1 Å². The molecule has 7 nitrogen and oxygen atoms in total. The van der Waals surface area contributed by atoms with Gasteiger partial charge in [0.05, 0.1) is 10.6 Å². The molecule has 3 aromatic carbocycles. The highest BCUT2D eigenvalue weighted by molar-refractivity contribution is 14.1. The van der Waals surface area contributed by atoms with Crippen LogP contribution >= 0.6 is 22.6 Å². The highest BCUT2D eigenvalue weighted by atomic mass is 127. The minimum atomic E-state index is -4.05. The van der Waals surface area contributed by atoms with Gasteiger partial charge >= 0.3 is 0 Å². The maximum atomic E-state index is 13.8. The number of halogens is 1. The second kappa shape index (κ2) is 12.4. The average Bonchev–Trinajstić information content (AvgIpc) is 2.88. The van der Waals surface area contributed by atoms with Crippen molar-refractivity contribution in [3.05, 3.63) is 93.6 Å². The third kappa shape index (κ3) is 6.64. The third-order valence-electron chi connectivity index (χ3n) is 5.79. The number of amides is 2. The van der Waals surface area contributed by atoms with Gasteiger partial charge in [0, 0.05) is 17.2 Å². The fraction of sp³-hybridized carbons (Fsp3) is 0.259. The summed E-state index contributed by atoms with van der Waals surface area (Å²) in [6.07, 6.45) is 0.381. The Labute approximate surface area is 226 Å². The molecule has 0 saturated carbocycles. The number of rotatable bonds is 10. The van der Waals surface area contributed by atoms with Crippen molar-refractivity contribution < 1.29 is 18.0 Å². The number of nitrogens with one attached hydrogen (secondary N) is 1. The number of carbonyl (C=O) groups excluding carboxylic acids is 2. The zero-order valence-electron chi connectivity index (χ0n) is 20.5. The normalized spacial score (nSPS) is 12.0. The lowest BCUT2D eigenvalue weighted by Crippen LogP contribution is -2.51. The molecule has 1 atom stereocenters. The predicted octanol–water partition coefficient (Wildman–Crippen LogP) is 4.35. The molecular weight excluding hydrogens is 589 g/mol. The first-order valence-electron chi connectivity index (χ1n) is 11.6. The summed E-state index contributed by atoms with van der Waals surface area (Å²) < 4.78 is 29.4. The number of nitrogens with zero attached hydrogens (tertiary/aromatic N) is 2. The fourth-order valence-electron chi connectivity index (χ4n) is 3.95. The number of carbonyl (C=O) groups is 2. The van der Waals surface area contributed by atoms with Crippen LogP contribution < -0.4 is 9.62 Å². The SMILES string of the molecule is CC[C@@H](C(=O)NC)N(Cc1cccc(C)c1)C(=O)CN(c1ccc(I)cc1)S(=O)(=O)c1ccccc1. The Hall–Kier alpha value is -2.92. The Morgan fingerprint density at radius 1 is 0.972 bits per heavy atom. The van der Waals surface area contributed by atoms with Crippen LogP contribution in [0.3, 0.4) is 0 Å². The largest absolute Gasteiger partial charge is 0.357 e. The van der Waals surface area contributed by atoms with Gasteiger partial charge < -0.3 is 10.2 Å². The number of benzene rings is 3. The summed E-state index contributed by atoms with van der Waals surface area (Å²) >= 11 is 2.14. The van der Waals surface area contributed by atoms with E-state index in [2.05, 4.69) is 27.9 Å². The zero-order chi connectivity index (χ0) is 26.3. The molecule has 0 fully saturated rings. The van der Waals surface area contributed by atoms with Crippen LogP contribution in [0.25, 0.3) is 0 Å². The molecule has 0 aliphatic carbocycles. The summed E-state index contributed by atoms with van der Waals surface area (Å²) in [5, 5.41) is 2.63. The molecule has 0 aliphatic heterocycles. The van der Waals surface area contributed by atoms with Crippen molar-refractivity contribution in [2.75, 3.05) is 17.9 Å². The number of aryl methyl sites for hydroxylation is 1. The molecule has 0 spiro atoms. The van der Waals surface area contributed by atoms with Gasteiger partial charge in [-0.25, -0.2) is 8.42 Å². The molecule has 3 aromatic rings.